The van der Waals surface area contributed by atoms with Gasteiger partial charge in [0.05, 0.1) is 6.10 Å². The first kappa shape index (κ1) is 15.8. The van der Waals surface area contributed by atoms with Gasteiger partial charge in [-0.1, -0.05) is 0 Å². The van der Waals surface area contributed by atoms with E-state index in [1.165, 1.54) is 0 Å². The monoisotopic (exact) mass is 291 g/mol. The second-order valence-electron chi connectivity index (χ2n) is 6.20. The summed E-state index contributed by atoms with van der Waals surface area (Å²) in [5.74, 6) is 0.00343. The Morgan fingerprint density at radius 3 is 2.38 bits per heavy atom. The van der Waals surface area contributed by atoms with Crippen LogP contribution in [0.5, 0.6) is 0 Å². The first-order chi connectivity index (χ1) is 9.88. The van der Waals surface area contributed by atoms with Crippen LogP contribution < -0.4 is 4.90 Å². The van der Waals surface area contributed by atoms with Crippen LogP contribution in [0.2, 0.25) is 0 Å². The fraction of sp³-hybridized carbons (Fsp3) is 0.562. The normalized spacial score (nSPS) is 21.9. The van der Waals surface area contributed by atoms with Gasteiger partial charge in [-0.15, -0.1) is 0 Å². The van der Waals surface area contributed by atoms with Gasteiger partial charge in [0.1, 0.15) is 0 Å². The van der Waals surface area contributed by atoms with E-state index in [1.807, 2.05) is 57.4 Å². The van der Waals surface area contributed by atoms with Crippen LogP contribution in [-0.4, -0.2) is 74.2 Å². The van der Waals surface area contributed by atoms with Gasteiger partial charge in [0.15, 0.2) is 0 Å². The fourth-order valence-electron chi connectivity index (χ4n) is 2.80. The number of benzene rings is 1. The Kier molecular flexibility index (Phi) is 4.85. The molecule has 1 aliphatic heterocycles. The molecule has 2 rings (SSSR count). The fourth-order valence-corrected chi connectivity index (χ4v) is 2.80. The predicted octanol–water partition coefficient (Wildman–Crippen LogP) is 0.890. The van der Waals surface area contributed by atoms with Crippen LogP contribution >= 0.6 is 0 Å². The molecule has 1 aliphatic rings. The molecule has 1 saturated heterocycles. The van der Waals surface area contributed by atoms with E-state index in [4.69, 9.17) is 0 Å². The van der Waals surface area contributed by atoms with Crippen LogP contribution in [0.15, 0.2) is 24.3 Å². The molecule has 1 fully saturated rings. The van der Waals surface area contributed by atoms with Crippen molar-refractivity contribution in [2.24, 2.45) is 0 Å². The number of amides is 1. The summed E-state index contributed by atoms with van der Waals surface area (Å²) < 4.78 is 0. The van der Waals surface area contributed by atoms with Crippen molar-refractivity contribution in [1.82, 2.24) is 9.80 Å². The lowest BCUT2D eigenvalue weighted by atomic mass is 10.1. The zero-order valence-corrected chi connectivity index (χ0v) is 13.3. The molecule has 0 aliphatic carbocycles. The maximum atomic E-state index is 12.6. The van der Waals surface area contributed by atoms with Crippen LogP contribution in [0.25, 0.3) is 0 Å². The van der Waals surface area contributed by atoms with Gasteiger partial charge in [0.25, 0.3) is 5.91 Å². The molecule has 5 nitrogen and oxygen atoms in total. The van der Waals surface area contributed by atoms with Crippen molar-refractivity contribution in [2.45, 2.75) is 18.6 Å². The molecule has 116 valence electrons. The number of nitrogens with zero attached hydrogens (tertiary/aromatic N) is 3. The summed E-state index contributed by atoms with van der Waals surface area (Å²) in [6.07, 6.45) is 0.236. The molecule has 0 saturated carbocycles. The van der Waals surface area contributed by atoms with Gasteiger partial charge in [0, 0.05) is 44.5 Å². The molecule has 1 amide bonds. The third-order valence-corrected chi connectivity index (χ3v) is 3.86. The first-order valence-corrected chi connectivity index (χ1v) is 7.29. The lowest BCUT2D eigenvalue weighted by Gasteiger charge is -2.27. The number of β-amino-alcohol motifs (C(OH)–C–C–N with tert-alkyl or cyclic N) is 1. The highest BCUT2D eigenvalue weighted by atomic mass is 16.3. The van der Waals surface area contributed by atoms with E-state index in [1.54, 1.807) is 4.90 Å². The number of hydrogen-bond acceptors (Lipinski definition) is 4. The minimum absolute atomic E-state index is 0.00343. The topological polar surface area (TPSA) is 47.0 Å². The Labute approximate surface area is 126 Å². The predicted molar refractivity (Wildman–Crippen MR) is 84.8 cm³/mol. The average molecular weight is 291 g/mol. The maximum Gasteiger partial charge on any atom is 0.254 e. The van der Waals surface area contributed by atoms with Gasteiger partial charge in [-0.05, 0) is 44.8 Å². The quantitative estimate of drug-likeness (QED) is 0.895. The number of anilines is 1. The average Bonchev–Trinajstić information content (AvgIpc) is 2.78. The molecule has 0 bridgehead atoms. The lowest BCUT2D eigenvalue weighted by Crippen LogP contribution is -2.41. The summed E-state index contributed by atoms with van der Waals surface area (Å²) in [5.41, 5.74) is 1.75. The van der Waals surface area contributed by atoms with Crippen LogP contribution in [0.1, 0.15) is 16.8 Å². The van der Waals surface area contributed by atoms with E-state index in [0.717, 1.165) is 12.2 Å². The molecule has 0 spiro atoms. The summed E-state index contributed by atoms with van der Waals surface area (Å²) in [6.45, 7) is 1.20. The van der Waals surface area contributed by atoms with Crippen molar-refractivity contribution in [3.8, 4) is 0 Å². The number of aliphatic hydroxyl groups excluding tert-OH is 1. The molecule has 0 aromatic heterocycles. The molecule has 1 N–H and O–H groups in total. The van der Waals surface area contributed by atoms with Crippen molar-refractivity contribution in [3.05, 3.63) is 29.8 Å². The minimum atomic E-state index is -0.417. The van der Waals surface area contributed by atoms with Gasteiger partial charge in [-0.25, -0.2) is 0 Å². The number of rotatable bonds is 4. The third-order valence-electron chi connectivity index (χ3n) is 3.86. The summed E-state index contributed by atoms with van der Waals surface area (Å²) in [5, 5.41) is 9.88. The largest absolute Gasteiger partial charge is 0.391 e. The molecular weight excluding hydrogens is 266 g/mol. The van der Waals surface area contributed by atoms with E-state index in [2.05, 4.69) is 4.90 Å². The summed E-state index contributed by atoms with van der Waals surface area (Å²) in [7, 11) is 7.92. The molecule has 0 radical (unpaired) electrons. The maximum absolute atomic E-state index is 12.6. The highest BCUT2D eigenvalue weighted by Gasteiger charge is 2.34. The van der Waals surface area contributed by atoms with E-state index in [0.29, 0.717) is 18.5 Å². The van der Waals surface area contributed by atoms with Crippen LogP contribution in [-0.2, 0) is 0 Å². The van der Waals surface area contributed by atoms with Crippen molar-refractivity contribution in [1.29, 1.82) is 0 Å². The van der Waals surface area contributed by atoms with E-state index in [-0.39, 0.29) is 11.9 Å². The SMILES string of the molecule is CN(C)CC1CC(O)CN1C(=O)c1ccc(N(C)C)cc1. The Morgan fingerprint density at radius 2 is 1.86 bits per heavy atom. The smallest absolute Gasteiger partial charge is 0.254 e. The summed E-state index contributed by atoms with van der Waals surface area (Å²) in [4.78, 5) is 18.5. The first-order valence-electron chi connectivity index (χ1n) is 7.29. The number of hydrogen-bond donors (Lipinski definition) is 1. The number of likely N-dealkylation sites (N-methyl/N-ethyl adjacent to an activating group) is 1. The van der Waals surface area contributed by atoms with Gasteiger partial charge in [-0.2, -0.15) is 0 Å². The van der Waals surface area contributed by atoms with E-state index < -0.39 is 6.10 Å². The zero-order chi connectivity index (χ0) is 15.6. The lowest BCUT2D eigenvalue weighted by molar-refractivity contribution is 0.0699. The third kappa shape index (κ3) is 3.74. The highest BCUT2D eigenvalue weighted by Crippen LogP contribution is 2.22. The molecule has 1 heterocycles. The minimum Gasteiger partial charge on any atom is -0.391 e. The summed E-state index contributed by atoms with van der Waals surface area (Å²) in [6, 6.07) is 7.68. The van der Waals surface area contributed by atoms with Crippen LogP contribution in [0.4, 0.5) is 5.69 Å². The van der Waals surface area contributed by atoms with Crippen molar-refractivity contribution >= 4 is 11.6 Å². The summed E-state index contributed by atoms with van der Waals surface area (Å²) >= 11 is 0. The number of carbonyl (C=O) groups excluding carboxylic acids is 1. The molecule has 2 unspecified atom stereocenters. The van der Waals surface area contributed by atoms with Gasteiger partial charge >= 0.3 is 0 Å². The molecular formula is C16H25N3O2. The van der Waals surface area contributed by atoms with Crippen molar-refractivity contribution < 1.29 is 9.90 Å². The van der Waals surface area contributed by atoms with Crippen molar-refractivity contribution in [3.63, 3.8) is 0 Å². The second-order valence-corrected chi connectivity index (χ2v) is 6.20. The Balaban J connectivity index is 2.13. The van der Waals surface area contributed by atoms with E-state index >= 15 is 0 Å². The van der Waals surface area contributed by atoms with Crippen LogP contribution in [0, 0.1) is 0 Å². The van der Waals surface area contributed by atoms with Gasteiger partial charge in [-0.3, -0.25) is 4.79 Å². The molecule has 5 heteroatoms. The number of likely N-dealkylation sites (tertiary alicyclic amines) is 1. The standard InChI is InChI=1S/C16H25N3O2/c1-17(2)10-14-9-15(20)11-19(14)16(21)12-5-7-13(8-6-12)18(3)4/h5-8,14-15,20H,9-11H2,1-4H3. The van der Waals surface area contributed by atoms with Crippen LogP contribution in [0.3, 0.4) is 0 Å². The van der Waals surface area contributed by atoms with Gasteiger partial charge in [0.2, 0.25) is 0 Å². The molecule has 1 aromatic rings. The van der Waals surface area contributed by atoms with Gasteiger partial charge < -0.3 is 19.8 Å². The highest BCUT2D eigenvalue weighted by molar-refractivity contribution is 5.95. The number of carbonyl (C=O) groups is 1. The Hall–Kier alpha value is -1.59. The second kappa shape index (κ2) is 6.45. The Bertz CT molecular complexity index is 485. The zero-order valence-electron chi connectivity index (χ0n) is 13.3. The van der Waals surface area contributed by atoms with E-state index in [9.17, 15) is 9.90 Å². The number of aliphatic hydroxyl groups is 1. The molecule has 1 aromatic carbocycles. The Morgan fingerprint density at radius 1 is 1.24 bits per heavy atom. The molecule has 21 heavy (non-hydrogen) atoms. The van der Waals surface area contributed by atoms with Crippen molar-refractivity contribution in [2.75, 3.05) is 46.2 Å². The molecule has 2 atom stereocenters.